The molecule has 3 aliphatic rings. The minimum Gasteiger partial charge on any atom is -0.389 e. The van der Waals surface area contributed by atoms with Crippen molar-refractivity contribution in [2.75, 3.05) is 40.0 Å². The molecule has 7 heteroatoms. The Labute approximate surface area is 149 Å². The van der Waals surface area contributed by atoms with Gasteiger partial charge in [0.15, 0.2) is 0 Å². The number of carbonyl (C=O) groups is 1. The maximum atomic E-state index is 12.4. The lowest BCUT2D eigenvalue weighted by Gasteiger charge is -2.44. The van der Waals surface area contributed by atoms with Gasteiger partial charge in [0.25, 0.3) is 0 Å². The first-order valence-electron chi connectivity index (χ1n) is 9.61. The molecular formula is C18H32N2O5. The number of nitrogens with zero attached hydrogens (tertiary/aromatic N) is 2. The van der Waals surface area contributed by atoms with Gasteiger partial charge in [-0.2, -0.15) is 0 Å². The van der Waals surface area contributed by atoms with E-state index in [9.17, 15) is 15.0 Å². The fraction of sp³-hybridized carbons (Fsp3) is 0.944. The Morgan fingerprint density at radius 3 is 2.64 bits per heavy atom. The highest BCUT2D eigenvalue weighted by Crippen LogP contribution is 2.23. The van der Waals surface area contributed by atoms with Crippen molar-refractivity contribution < 1.29 is 24.5 Å². The minimum absolute atomic E-state index is 0.185. The molecule has 0 saturated carbocycles. The smallest absolute Gasteiger partial charge is 0.222 e. The zero-order valence-electron chi connectivity index (χ0n) is 15.2. The van der Waals surface area contributed by atoms with E-state index in [4.69, 9.17) is 9.47 Å². The molecule has 0 unspecified atom stereocenters. The van der Waals surface area contributed by atoms with E-state index in [1.54, 1.807) is 0 Å². The number of amides is 1. The number of aliphatic hydroxyl groups is 2. The van der Waals surface area contributed by atoms with Gasteiger partial charge in [-0.15, -0.1) is 0 Å². The summed E-state index contributed by atoms with van der Waals surface area (Å²) >= 11 is 0. The molecule has 0 radical (unpaired) electrons. The van der Waals surface area contributed by atoms with E-state index in [1.807, 2.05) is 11.9 Å². The quantitative estimate of drug-likeness (QED) is 0.721. The number of piperidine rings is 1. The van der Waals surface area contributed by atoms with Crippen molar-refractivity contribution in [3.63, 3.8) is 0 Å². The summed E-state index contributed by atoms with van der Waals surface area (Å²) in [5.41, 5.74) is 0. The van der Waals surface area contributed by atoms with Gasteiger partial charge in [-0.05, 0) is 39.2 Å². The second-order valence-corrected chi connectivity index (χ2v) is 7.61. The molecule has 25 heavy (non-hydrogen) atoms. The number of aliphatic hydroxyl groups excluding tert-OH is 2. The van der Waals surface area contributed by atoms with Crippen LogP contribution in [-0.4, -0.2) is 96.3 Å². The third kappa shape index (κ3) is 4.71. The van der Waals surface area contributed by atoms with Gasteiger partial charge < -0.3 is 24.6 Å². The van der Waals surface area contributed by atoms with Gasteiger partial charge >= 0.3 is 0 Å². The summed E-state index contributed by atoms with van der Waals surface area (Å²) in [6.07, 6.45) is 4.06. The summed E-state index contributed by atoms with van der Waals surface area (Å²) in [5, 5.41) is 20.0. The second kappa shape index (κ2) is 8.77. The van der Waals surface area contributed by atoms with Crippen molar-refractivity contribution >= 4 is 5.91 Å². The van der Waals surface area contributed by atoms with Crippen LogP contribution in [0.15, 0.2) is 0 Å². The average molecular weight is 356 g/mol. The molecule has 3 heterocycles. The van der Waals surface area contributed by atoms with E-state index < -0.39 is 12.2 Å². The molecule has 3 rings (SSSR count). The Balaban J connectivity index is 1.42. The molecule has 0 aromatic carbocycles. The van der Waals surface area contributed by atoms with Crippen LogP contribution in [0, 0.1) is 0 Å². The minimum atomic E-state index is -0.819. The molecular weight excluding hydrogens is 324 g/mol. The van der Waals surface area contributed by atoms with Gasteiger partial charge in [0, 0.05) is 32.2 Å². The maximum Gasteiger partial charge on any atom is 0.222 e. The van der Waals surface area contributed by atoms with Gasteiger partial charge in [-0.3, -0.25) is 9.69 Å². The average Bonchev–Trinajstić information content (AvgIpc) is 3.15. The zero-order chi connectivity index (χ0) is 17.8. The lowest BCUT2D eigenvalue weighted by atomic mass is 9.97. The molecule has 0 aromatic rings. The van der Waals surface area contributed by atoms with Gasteiger partial charge in [-0.1, -0.05) is 0 Å². The molecule has 0 spiro atoms. The summed E-state index contributed by atoms with van der Waals surface area (Å²) in [6.45, 7) is 2.98. The fourth-order valence-electron chi connectivity index (χ4n) is 4.23. The summed E-state index contributed by atoms with van der Waals surface area (Å²) in [5.74, 6) is 0.230. The number of carbonyl (C=O) groups excluding carboxylic acids is 1. The van der Waals surface area contributed by atoms with Crippen LogP contribution in [0.1, 0.15) is 38.5 Å². The fourth-order valence-corrected chi connectivity index (χ4v) is 4.23. The van der Waals surface area contributed by atoms with Crippen LogP contribution in [0.4, 0.5) is 0 Å². The SMILES string of the molecule is CN(C1CCN(C(=O)CC[C@@H]2CCCO2)CC1)[C@@H]1COC[C@@H](O)[C@H]1O. The van der Waals surface area contributed by atoms with E-state index in [2.05, 4.69) is 4.90 Å². The van der Waals surface area contributed by atoms with Crippen molar-refractivity contribution in [3.05, 3.63) is 0 Å². The number of ether oxygens (including phenoxy) is 2. The van der Waals surface area contributed by atoms with Crippen LogP contribution in [0.5, 0.6) is 0 Å². The Kier molecular flexibility index (Phi) is 6.68. The lowest BCUT2D eigenvalue weighted by molar-refractivity contribution is -0.141. The van der Waals surface area contributed by atoms with E-state index in [0.717, 1.165) is 51.8 Å². The molecule has 2 N–H and O–H groups in total. The lowest BCUT2D eigenvalue weighted by Crippen LogP contribution is -2.58. The number of rotatable bonds is 5. The summed E-state index contributed by atoms with van der Waals surface area (Å²) in [7, 11) is 1.98. The van der Waals surface area contributed by atoms with Crippen molar-refractivity contribution in [1.29, 1.82) is 0 Å². The number of likely N-dealkylation sites (tertiary alicyclic amines) is 1. The first-order valence-corrected chi connectivity index (χ1v) is 9.61. The van der Waals surface area contributed by atoms with Gasteiger partial charge in [0.1, 0.15) is 6.10 Å². The summed E-state index contributed by atoms with van der Waals surface area (Å²) in [6, 6.07) is 0.117. The van der Waals surface area contributed by atoms with E-state index >= 15 is 0 Å². The Morgan fingerprint density at radius 1 is 1.20 bits per heavy atom. The molecule has 0 aliphatic carbocycles. The number of likely N-dealkylation sites (N-methyl/N-ethyl adjacent to an activating group) is 1. The van der Waals surface area contributed by atoms with Crippen LogP contribution < -0.4 is 0 Å². The van der Waals surface area contributed by atoms with E-state index in [-0.39, 0.29) is 24.7 Å². The highest BCUT2D eigenvalue weighted by atomic mass is 16.5. The molecule has 1 amide bonds. The van der Waals surface area contributed by atoms with Crippen LogP contribution in [0.25, 0.3) is 0 Å². The molecule has 144 valence electrons. The highest BCUT2D eigenvalue weighted by Gasteiger charge is 2.37. The first kappa shape index (κ1) is 19.0. The Bertz CT molecular complexity index is 435. The molecule has 0 aromatic heterocycles. The predicted octanol–water partition coefficient (Wildman–Crippen LogP) is -0.0110. The number of hydrogen-bond acceptors (Lipinski definition) is 6. The molecule has 3 fully saturated rings. The highest BCUT2D eigenvalue weighted by molar-refractivity contribution is 5.76. The van der Waals surface area contributed by atoms with E-state index in [1.165, 1.54) is 0 Å². The maximum absolute atomic E-state index is 12.4. The standard InChI is InChI=1S/C18H32N2O5/c1-19(15-11-24-12-16(21)18(15)23)13-6-8-20(9-7-13)17(22)5-4-14-3-2-10-25-14/h13-16,18,21,23H,2-12H2,1H3/t14-,15+,16+,18-/m0/s1. The summed E-state index contributed by atoms with van der Waals surface area (Å²) < 4.78 is 11.0. The monoisotopic (exact) mass is 356 g/mol. The summed E-state index contributed by atoms with van der Waals surface area (Å²) in [4.78, 5) is 16.5. The van der Waals surface area contributed by atoms with Crippen molar-refractivity contribution in [2.45, 2.75) is 68.9 Å². The van der Waals surface area contributed by atoms with Crippen molar-refractivity contribution in [3.8, 4) is 0 Å². The van der Waals surface area contributed by atoms with Gasteiger partial charge in [-0.25, -0.2) is 0 Å². The molecule has 0 bridgehead atoms. The number of hydrogen-bond donors (Lipinski definition) is 2. The van der Waals surface area contributed by atoms with Crippen LogP contribution in [0.2, 0.25) is 0 Å². The van der Waals surface area contributed by atoms with Gasteiger partial charge in [0.2, 0.25) is 5.91 Å². The third-order valence-corrected chi connectivity index (χ3v) is 5.99. The van der Waals surface area contributed by atoms with Crippen LogP contribution in [-0.2, 0) is 14.3 Å². The Morgan fingerprint density at radius 2 is 1.96 bits per heavy atom. The van der Waals surface area contributed by atoms with Crippen LogP contribution >= 0.6 is 0 Å². The van der Waals surface area contributed by atoms with Crippen molar-refractivity contribution in [2.24, 2.45) is 0 Å². The van der Waals surface area contributed by atoms with E-state index in [0.29, 0.717) is 19.1 Å². The normalized spacial score (nSPS) is 34.6. The molecule has 7 nitrogen and oxygen atoms in total. The van der Waals surface area contributed by atoms with Crippen molar-refractivity contribution in [1.82, 2.24) is 9.80 Å². The molecule has 3 saturated heterocycles. The Hall–Kier alpha value is -0.730. The molecule has 3 aliphatic heterocycles. The third-order valence-electron chi connectivity index (χ3n) is 5.99. The second-order valence-electron chi connectivity index (χ2n) is 7.61. The largest absolute Gasteiger partial charge is 0.389 e. The van der Waals surface area contributed by atoms with Gasteiger partial charge in [0.05, 0.1) is 31.5 Å². The molecule has 4 atom stereocenters. The first-order chi connectivity index (χ1) is 12.1. The predicted molar refractivity (Wildman–Crippen MR) is 92.2 cm³/mol. The van der Waals surface area contributed by atoms with Crippen LogP contribution in [0.3, 0.4) is 0 Å². The zero-order valence-corrected chi connectivity index (χ0v) is 15.2. The topological polar surface area (TPSA) is 82.5 Å².